The summed E-state index contributed by atoms with van der Waals surface area (Å²) in [5, 5.41) is 0. The topological polar surface area (TPSA) is 26.0 Å². The third-order valence-corrected chi connectivity index (χ3v) is 4.94. The molecule has 1 fully saturated rings. The van der Waals surface area contributed by atoms with Gasteiger partial charge in [-0.3, -0.25) is 0 Å². The van der Waals surface area contributed by atoms with Crippen molar-refractivity contribution in [1.82, 2.24) is 0 Å². The molecule has 1 aliphatic carbocycles. The van der Waals surface area contributed by atoms with E-state index >= 15 is 0 Å². The molecule has 1 aliphatic rings. The average molecular weight is 273 g/mol. The molecular weight excluding hydrogens is 242 g/mol. The second-order valence-corrected chi connectivity index (χ2v) is 7.09. The van der Waals surface area contributed by atoms with Crippen LogP contribution in [0.5, 0.6) is 0 Å². The molecule has 1 saturated carbocycles. The normalized spacial score (nSPS) is 18.1. The average Bonchev–Trinajstić information content (AvgIpc) is 2.43. The Morgan fingerprint density at radius 3 is 2.30 bits per heavy atom. The number of benzene rings is 1. The quantitative estimate of drug-likeness (QED) is 0.792. The van der Waals surface area contributed by atoms with Crippen LogP contribution in [-0.4, -0.2) is 6.54 Å². The molecule has 0 atom stereocenters. The number of nitrogens with two attached hydrogens (primary N) is 1. The number of aryl methyl sites for hydroxylation is 3. The van der Waals surface area contributed by atoms with Gasteiger partial charge in [0.15, 0.2) is 0 Å². The second-order valence-electron chi connectivity index (χ2n) is 7.09. The van der Waals surface area contributed by atoms with Gasteiger partial charge in [0, 0.05) is 0 Å². The highest BCUT2D eigenvalue weighted by Crippen LogP contribution is 2.39. The first-order valence-corrected chi connectivity index (χ1v) is 8.41. The lowest BCUT2D eigenvalue weighted by atomic mass is 9.72. The first-order valence-electron chi connectivity index (χ1n) is 8.41. The molecule has 20 heavy (non-hydrogen) atoms. The highest BCUT2D eigenvalue weighted by Gasteiger charge is 2.26. The van der Waals surface area contributed by atoms with Gasteiger partial charge in [0.05, 0.1) is 0 Å². The fourth-order valence-corrected chi connectivity index (χ4v) is 3.64. The van der Waals surface area contributed by atoms with Gasteiger partial charge < -0.3 is 5.73 Å². The summed E-state index contributed by atoms with van der Waals surface area (Å²) >= 11 is 0. The molecule has 0 amide bonds. The van der Waals surface area contributed by atoms with E-state index in [4.69, 9.17) is 5.73 Å². The van der Waals surface area contributed by atoms with Crippen molar-refractivity contribution >= 4 is 0 Å². The van der Waals surface area contributed by atoms with E-state index in [1.807, 2.05) is 0 Å². The minimum Gasteiger partial charge on any atom is -0.330 e. The van der Waals surface area contributed by atoms with E-state index < -0.39 is 0 Å². The standard InChI is InChI=1S/C19H31N/c1-16-13-17(7-6-12-20)15-18(14-16)8-11-19(2)9-4-3-5-10-19/h13-15H,3-12,20H2,1-2H3. The molecule has 0 radical (unpaired) electrons. The van der Waals surface area contributed by atoms with Crippen LogP contribution >= 0.6 is 0 Å². The molecule has 1 aromatic rings. The lowest BCUT2D eigenvalue weighted by Gasteiger charge is -2.33. The van der Waals surface area contributed by atoms with E-state index in [1.165, 1.54) is 61.6 Å². The van der Waals surface area contributed by atoms with Crippen LogP contribution in [0, 0.1) is 12.3 Å². The summed E-state index contributed by atoms with van der Waals surface area (Å²) in [5.74, 6) is 0. The van der Waals surface area contributed by atoms with Gasteiger partial charge in [0.25, 0.3) is 0 Å². The second kappa shape index (κ2) is 7.26. The Bertz CT molecular complexity index is 416. The molecule has 1 nitrogen and oxygen atoms in total. The Hall–Kier alpha value is -0.820. The largest absolute Gasteiger partial charge is 0.330 e. The summed E-state index contributed by atoms with van der Waals surface area (Å²) in [6, 6.07) is 7.11. The van der Waals surface area contributed by atoms with Crippen LogP contribution in [-0.2, 0) is 12.8 Å². The summed E-state index contributed by atoms with van der Waals surface area (Å²) < 4.78 is 0. The van der Waals surface area contributed by atoms with Gasteiger partial charge in [-0.1, -0.05) is 49.9 Å². The molecule has 0 aromatic heterocycles. The van der Waals surface area contributed by atoms with Crippen LogP contribution in [0.4, 0.5) is 0 Å². The highest BCUT2D eigenvalue weighted by atomic mass is 14.5. The molecular formula is C19H31N. The maximum absolute atomic E-state index is 5.63. The van der Waals surface area contributed by atoms with Gasteiger partial charge in [-0.05, 0) is 68.5 Å². The zero-order valence-electron chi connectivity index (χ0n) is 13.4. The van der Waals surface area contributed by atoms with Crippen molar-refractivity contribution in [2.24, 2.45) is 11.1 Å². The first kappa shape index (κ1) is 15.6. The number of rotatable bonds is 6. The SMILES string of the molecule is Cc1cc(CCCN)cc(CCC2(C)CCCCC2)c1. The summed E-state index contributed by atoms with van der Waals surface area (Å²) in [4.78, 5) is 0. The summed E-state index contributed by atoms with van der Waals surface area (Å²) in [6.07, 6.45) is 12.0. The Labute approximate surface area is 125 Å². The smallest absolute Gasteiger partial charge is 0.00741 e. The van der Waals surface area contributed by atoms with Crippen molar-refractivity contribution in [3.63, 3.8) is 0 Å². The van der Waals surface area contributed by atoms with Crippen LogP contribution in [0.25, 0.3) is 0 Å². The fourth-order valence-electron chi connectivity index (χ4n) is 3.64. The van der Waals surface area contributed by atoms with Crippen molar-refractivity contribution in [3.05, 3.63) is 34.9 Å². The van der Waals surface area contributed by atoms with Gasteiger partial charge in [0.1, 0.15) is 0 Å². The van der Waals surface area contributed by atoms with Crippen LogP contribution in [0.3, 0.4) is 0 Å². The van der Waals surface area contributed by atoms with Crippen LogP contribution in [0.1, 0.15) is 68.6 Å². The predicted molar refractivity (Wildman–Crippen MR) is 88.1 cm³/mol. The zero-order valence-corrected chi connectivity index (χ0v) is 13.4. The van der Waals surface area contributed by atoms with Gasteiger partial charge >= 0.3 is 0 Å². The Kier molecular flexibility index (Phi) is 5.65. The summed E-state index contributed by atoms with van der Waals surface area (Å²) in [5.41, 5.74) is 10.6. The van der Waals surface area contributed by atoms with Crippen molar-refractivity contribution in [2.75, 3.05) is 6.54 Å². The van der Waals surface area contributed by atoms with E-state index in [-0.39, 0.29) is 0 Å². The van der Waals surface area contributed by atoms with E-state index in [0.29, 0.717) is 5.41 Å². The van der Waals surface area contributed by atoms with E-state index in [2.05, 4.69) is 32.0 Å². The highest BCUT2D eigenvalue weighted by molar-refractivity contribution is 5.29. The minimum absolute atomic E-state index is 0.597. The van der Waals surface area contributed by atoms with Crippen molar-refractivity contribution in [2.45, 2.75) is 71.6 Å². The third kappa shape index (κ3) is 4.63. The predicted octanol–water partition coefficient (Wildman–Crippen LogP) is 4.79. The molecule has 2 N–H and O–H groups in total. The molecule has 1 heteroatoms. The van der Waals surface area contributed by atoms with Crippen molar-refractivity contribution in [1.29, 1.82) is 0 Å². The third-order valence-electron chi connectivity index (χ3n) is 4.94. The maximum Gasteiger partial charge on any atom is -0.00741 e. The van der Waals surface area contributed by atoms with Gasteiger partial charge in [-0.25, -0.2) is 0 Å². The molecule has 1 aromatic carbocycles. The molecule has 0 spiro atoms. The number of hydrogen-bond donors (Lipinski definition) is 1. The zero-order chi connectivity index (χ0) is 14.4. The molecule has 112 valence electrons. The monoisotopic (exact) mass is 273 g/mol. The van der Waals surface area contributed by atoms with Gasteiger partial charge in [-0.15, -0.1) is 0 Å². The van der Waals surface area contributed by atoms with Crippen LogP contribution in [0.2, 0.25) is 0 Å². The molecule has 0 bridgehead atoms. The Morgan fingerprint density at radius 2 is 1.65 bits per heavy atom. The Morgan fingerprint density at radius 1 is 1.00 bits per heavy atom. The molecule has 0 saturated heterocycles. The molecule has 0 aliphatic heterocycles. The van der Waals surface area contributed by atoms with Crippen molar-refractivity contribution in [3.8, 4) is 0 Å². The minimum atomic E-state index is 0.597. The molecule has 2 rings (SSSR count). The fraction of sp³-hybridized carbons (Fsp3) is 0.684. The summed E-state index contributed by atoms with van der Waals surface area (Å²) in [6.45, 7) is 5.51. The first-order chi connectivity index (χ1) is 9.61. The van der Waals surface area contributed by atoms with Gasteiger partial charge in [0.2, 0.25) is 0 Å². The lowest BCUT2D eigenvalue weighted by Crippen LogP contribution is -2.20. The molecule has 0 heterocycles. The van der Waals surface area contributed by atoms with Crippen LogP contribution < -0.4 is 5.73 Å². The van der Waals surface area contributed by atoms with Gasteiger partial charge in [-0.2, -0.15) is 0 Å². The maximum atomic E-state index is 5.63. The molecule has 0 unspecified atom stereocenters. The van der Waals surface area contributed by atoms with E-state index in [0.717, 1.165) is 19.4 Å². The lowest BCUT2D eigenvalue weighted by molar-refractivity contribution is 0.199. The number of hydrogen-bond acceptors (Lipinski definition) is 1. The summed E-state index contributed by atoms with van der Waals surface area (Å²) in [7, 11) is 0. The van der Waals surface area contributed by atoms with Crippen LogP contribution in [0.15, 0.2) is 18.2 Å². The van der Waals surface area contributed by atoms with Crippen molar-refractivity contribution < 1.29 is 0 Å². The van der Waals surface area contributed by atoms with E-state index in [9.17, 15) is 0 Å². The Balaban J connectivity index is 1.96. The van der Waals surface area contributed by atoms with E-state index in [1.54, 1.807) is 0 Å².